The molecule has 2 nitrogen and oxygen atoms in total. The molecule has 1 aromatic rings. The van der Waals surface area contributed by atoms with Crippen LogP contribution >= 0.6 is 0 Å². The van der Waals surface area contributed by atoms with Crippen molar-refractivity contribution < 1.29 is 4.74 Å². The quantitative estimate of drug-likeness (QED) is 0.682. The molecule has 1 aliphatic heterocycles. The van der Waals surface area contributed by atoms with Gasteiger partial charge in [0.1, 0.15) is 5.75 Å². The van der Waals surface area contributed by atoms with E-state index in [2.05, 4.69) is 44.3 Å². The number of nitrogens with one attached hydrogen (secondary N) is 1. The maximum atomic E-state index is 5.55. The van der Waals surface area contributed by atoms with E-state index in [1.165, 1.54) is 36.8 Å². The van der Waals surface area contributed by atoms with Crippen molar-refractivity contribution >= 4 is 0 Å². The summed E-state index contributed by atoms with van der Waals surface area (Å²) in [4.78, 5) is 0. The normalized spacial score (nSPS) is 14.0. The SMILES string of the molecule is CCCCCC(C)(C)CNCCc1ccc2c(c1)CCO2. The number of unbranched alkanes of at least 4 members (excludes halogenated alkanes) is 2. The third-order valence-corrected chi connectivity index (χ3v) is 4.40. The molecule has 0 radical (unpaired) electrons. The number of benzene rings is 1. The van der Waals surface area contributed by atoms with Gasteiger partial charge < -0.3 is 10.1 Å². The first kappa shape index (κ1) is 16.4. The second-order valence-electron chi connectivity index (χ2n) is 7.09. The largest absolute Gasteiger partial charge is 0.493 e. The van der Waals surface area contributed by atoms with Crippen LogP contribution in [0.4, 0.5) is 0 Å². The monoisotopic (exact) mass is 289 g/mol. The van der Waals surface area contributed by atoms with Gasteiger partial charge in [0.05, 0.1) is 6.61 Å². The van der Waals surface area contributed by atoms with E-state index in [0.29, 0.717) is 5.41 Å². The molecule has 1 N–H and O–H groups in total. The average Bonchev–Trinajstić information content (AvgIpc) is 2.91. The zero-order chi connectivity index (χ0) is 15.1. The summed E-state index contributed by atoms with van der Waals surface area (Å²) in [5, 5.41) is 3.64. The van der Waals surface area contributed by atoms with E-state index in [-0.39, 0.29) is 0 Å². The van der Waals surface area contributed by atoms with Gasteiger partial charge in [-0.25, -0.2) is 0 Å². The maximum absolute atomic E-state index is 5.55. The van der Waals surface area contributed by atoms with E-state index in [1.54, 1.807) is 0 Å². The van der Waals surface area contributed by atoms with Crippen LogP contribution in [0.15, 0.2) is 18.2 Å². The summed E-state index contributed by atoms with van der Waals surface area (Å²) in [7, 11) is 0. The van der Waals surface area contributed by atoms with Crippen LogP contribution in [0.5, 0.6) is 5.75 Å². The predicted octanol–water partition coefficient (Wildman–Crippen LogP) is 4.36. The van der Waals surface area contributed by atoms with Gasteiger partial charge in [0, 0.05) is 13.0 Å². The molecule has 0 aromatic heterocycles. The number of fused-ring (bicyclic) bond motifs is 1. The van der Waals surface area contributed by atoms with Crippen molar-refractivity contribution in [2.75, 3.05) is 19.7 Å². The van der Waals surface area contributed by atoms with Crippen molar-refractivity contribution in [1.82, 2.24) is 5.32 Å². The Hall–Kier alpha value is -1.02. The van der Waals surface area contributed by atoms with Crippen molar-refractivity contribution in [3.05, 3.63) is 29.3 Å². The number of hydrogen-bond donors (Lipinski definition) is 1. The highest BCUT2D eigenvalue weighted by Crippen LogP contribution is 2.26. The van der Waals surface area contributed by atoms with Crippen LogP contribution < -0.4 is 10.1 Å². The van der Waals surface area contributed by atoms with Gasteiger partial charge in [0.25, 0.3) is 0 Å². The minimum Gasteiger partial charge on any atom is -0.493 e. The highest BCUT2D eigenvalue weighted by Gasteiger charge is 2.16. The minimum atomic E-state index is 0.418. The Bertz CT molecular complexity index is 439. The molecule has 0 bridgehead atoms. The van der Waals surface area contributed by atoms with Crippen LogP contribution in [0.2, 0.25) is 0 Å². The highest BCUT2D eigenvalue weighted by atomic mass is 16.5. The Balaban J connectivity index is 1.67. The molecule has 21 heavy (non-hydrogen) atoms. The van der Waals surface area contributed by atoms with Crippen LogP contribution in [0.1, 0.15) is 57.6 Å². The van der Waals surface area contributed by atoms with E-state index in [0.717, 1.165) is 38.3 Å². The molecule has 0 saturated carbocycles. The summed E-state index contributed by atoms with van der Waals surface area (Å²) in [6.07, 6.45) is 7.53. The molecule has 0 fully saturated rings. The lowest BCUT2D eigenvalue weighted by Gasteiger charge is -2.25. The van der Waals surface area contributed by atoms with Crippen LogP contribution in [0.3, 0.4) is 0 Å². The van der Waals surface area contributed by atoms with Gasteiger partial charge in [0.15, 0.2) is 0 Å². The third kappa shape index (κ3) is 5.35. The van der Waals surface area contributed by atoms with E-state index in [9.17, 15) is 0 Å². The first-order valence-electron chi connectivity index (χ1n) is 8.56. The smallest absolute Gasteiger partial charge is 0.122 e. The van der Waals surface area contributed by atoms with E-state index in [1.807, 2.05) is 0 Å². The van der Waals surface area contributed by atoms with Gasteiger partial charge in [0.2, 0.25) is 0 Å². The molecule has 1 aromatic carbocycles. The Morgan fingerprint density at radius 3 is 2.90 bits per heavy atom. The standard InChI is InChI=1S/C19H31NO/c1-4-5-6-11-19(2,3)15-20-12-9-16-7-8-18-17(14-16)10-13-21-18/h7-8,14,20H,4-6,9-13,15H2,1-3H3. The first-order chi connectivity index (χ1) is 10.1. The van der Waals surface area contributed by atoms with Gasteiger partial charge in [-0.1, -0.05) is 52.2 Å². The van der Waals surface area contributed by atoms with Gasteiger partial charge >= 0.3 is 0 Å². The van der Waals surface area contributed by atoms with Crippen molar-refractivity contribution in [2.24, 2.45) is 5.41 Å². The topological polar surface area (TPSA) is 21.3 Å². The summed E-state index contributed by atoms with van der Waals surface area (Å²) >= 11 is 0. The molecule has 0 amide bonds. The lowest BCUT2D eigenvalue weighted by molar-refractivity contribution is 0.303. The van der Waals surface area contributed by atoms with E-state index in [4.69, 9.17) is 4.74 Å². The zero-order valence-electron chi connectivity index (χ0n) is 14.0. The van der Waals surface area contributed by atoms with E-state index >= 15 is 0 Å². The van der Waals surface area contributed by atoms with Crippen LogP contribution in [0.25, 0.3) is 0 Å². The van der Waals surface area contributed by atoms with Crippen LogP contribution in [-0.2, 0) is 12.8 Å². The Morgan fingerprint density at radius 2 is 2.10 bits per heavy atom. The molecule has 0 atom stereocenters. The average molecular weight is 289 g/mol. The zero-order valence-corrected chi connectivity index (χ0v) is 14.0. The fourth-order valence-electron chi connectivity index (χ4n) is 3.00. The Morgan fingerprint density at radius 1 is 1.24 bits per heavy atom. The number of rotatable bonds is 9. The second kappa shape index (κ2) is 7.84. The molecule has 2 heteroatoms. The van der Waals surface area contributed by atoms with Gasteiger partial charge in [-0.3, -0.25) is 0 Å². The molecule has 1 heterocycles. The minimum absolute atomic E-state index is 0.418. The molecule has 0 spiro atoms. The maximum Gasteiger partial charge on any atom is 0.122 e. The van der Waals surface area contributed by atoms with Crippen molar-refractivity contribution in [1.29, 1.82) is 0 Å². The molecule has 118 valence electrons. The summed E-state index contributed by atoms with van der Waals surface area (Å²) in [5.74, 6) is 1.09. The molecular formula is C19H31NO. The number of ether oxygens (including phenoxy) is 1. The molecule has 0 aliphatic carbocycles. The lowest BCUT2D eigenvalue weighted by Crippen LogP contribution is -2.30. The molecule has 0 saturated heterocycles. The van der Waals surface area contributed by atoms with E-state index < -0.39 is 0 Å². The first-order valence-corrected chi connectivity index (χ1v) is 8.56. The molecule has 2 rings (SSSR count). The van der Waals surface area contributed by atoms with Gasteiger partial charge in [-0.15, -0.1) is 0 Å². The van der Waals surface area contributed by atoms with Crippen molar-refractivity contribution in [2.45, 2.75) is 59.3 Å². The van der Waals surface area contributed by atoms with Gasteiger partial charge in [-0.05, 0) is 42.0 Å². The Labute approximate surface area is 130 Å². The lowest BCUT2D eigenvalue weighted by atomic mass is 9.87. The highest BCUT2D eigenvalue weighted by molar-refractivity contribution is 5.39. The van der Waals surface area contributed by atoms with Crippen LogP contribution in [-0.4, -0.2) is 19.7 Å². The second-order valence-corrected chi connectivity index (χ2v) is 7.09. The summed E-state index contributed by atoms with van der Waals surface area (Å²) in [6, 6.07) is 6.65. The molecular weight excluding hydrogens is 258 g/mol. The van der Waals surface area contributed by atoms with Gasteiger partial charge in [-0.2, -0.15) is 0 Å². The van der Waals surface area contributed by atoms with Crippen molar-refractivity contribution in [3.63, 3.8) is 0 Å². The van der Waals surface area contributed by atoms with Crippen LogP contribution in [0, 0.1) is 5.41 Å². The Kier molecular flexibility index (Phi) is 6.10. The third-order valence-electron chi connectivity index (χ3n) is 4.40. The fourth-order valence-corrected chi connectivity index (χ4v) is 3.00. The summed E-state index contributed by atoms with van der Waals surface area (Å²) in [6.45, 7) is 10.1. The summed E-state index contributed by atoms with van der Waals surface area (Å²) in [5.41, 5.74) is 3.23. The van der Waals surface area contributed by atoms with Crippen molar-refractivity contribution in [3.8, 4) is 5.75 Å². The number of hydrogen-bond acceptors (Lipinski definition) is 2. The molecule has 0 unspecified atom stereocenters. The summed E-state index contributed by atoms with van der Waals surface area (Å²) < 4.78 is 5.55. The predicted molar refractivity (Wildman–Crippen MR) is 90.1 cm³/mol. The fraction of sp³-hybridized carbons (Fsp3) is 0.684. The molecule has 1 aliphatic rings.